The van der Waals surface area contributed by atoms with Gasteiger partial charge in [-0.05, 0) is 29.8 Å². The molecule has 1 aliphatic rings. The topological polar surface area (TPSA) is 90.5 Å². The third-order valence-corrected chi connectivity index (χ3v) is 4.75. The summed E-state index contributed by atoms with van der Waals surface area (Å²) < 4.78 is 0. The smallest absolute Gasteiger partial charge is 0.293 e. The minimum atomic E-state index is -0.479. The van der Waals surface area contributed by atoms with Crippen molar-refractivity contribution in [3.8, 4) is 6.07 Å². The lowest BCUT2D eigenvalue weighted by molar-refractivity contribution is -0.384. The highest BCUT2D eigenvalue weighted by Crippen LogP contribution is 2.30. The number of hydrogen-bond acceptors (Lipinski definition) is 5. The summed E-state index contributed by atoms with van der Waals surface area (Å²) in [6.07, 6.45) is 0.275. The molecule has 0 N–H and O–H groups in total. The lowest BCUT2D eigenvalue weighted by Gasteiger charge is -2.36. The average molecular weight is 385 g/mol. The largest absolute Gasteiger partial charge is 0.362 e. The van der Waals surface area contributed by atoms with Crippen LogP contribution in [0.2, 0.25) is 5.02 Å². The Kier molecular flexibility index (Phi) is 5.57. The van der Waals surface area contributed by atoms with Crippen LogP contribution in [0.5, 0.6) is 0 Å². The molecule has 27 heavy (non-hydrogen) atoms. The maximum atomic E-state index is 12.5. The van der Waals surface area contributed by atoms with Gasteiger partial charge < -0.3 is 9.80 Å². The number of halogens is 1. The Morgan fingerprint density at radius 2 is 1.93 bits per heavy atom. The van der Waals surface area contributed by atoms with Crippen LogP contribution in [0.4, 0.5) is 11.4 Å². The summed E-state index contributed by atoms with van der Waals surface area (Å²) in [6, 6.07) is 13.6. The van der Waals surface area contributed by atoms with E-state index in [9.17, 15) is 14.9 Å². The Labute approximate surface area is 161 Å². The second-order valence-corrected chi connectivity index (χ2v) is 6.68. The number of rotatable bonds is 4. The summed E-state index contributed by atoms with van der Waals surface area (Å²) in [5.41, 5.74) is 1.49. The molecule has 8 heteroatoms. The number of carbonyl (C=O) groups is 1. The first kappa shape index (κ1) is 18.7. The van der Waals surface area contributed by atoms with Crippen molar-refractivity contribution in [2.75, 3.05) is 31.1 Å². The Morgan fingerprint density at radius 1 is 1.19 bits per heavy atom. The Hall–Kier alpha value is -3.11. The molecule has 3 rings (SSSR count). The zero-order valence-corrected chi connectivity index (χ0v) is 15.2. The minimum absolute atomic E-state index is 0.00578. The second kappa shape index (κ2) is 8.06. The van der Waals surface area contributed by atoms with Crippen LogP contribution >= 0.6 is 11.6 Å². The van der Waals surface area contributed by atoms with Crippen molar-refractivity contribution >= 4 is 28.9 Å². The highest BCUT2D eigenvalue weighted by atomic mass is 35.5. The second-order valence-electron chi connectivity index (χ2n) is 6.25. The van der Waals surface area contributed by atoms with Gasteiger partial charge in [0, 0.05) is 37.3 Å². The van der Waals surface area contributed by atoms with Gasteiger partial charge in [-0.2, -0.15) is 5.26 Å². The lowest BCUT2D eigenvalue weighted by atomic mass is 10.1. The van der Waals surface area contributed by atoms with Gasteiger partial charge >= 0.3 is 0 Å². The number of nitriles is 1. The molecule has 1 fully saturated rings. The number of hydrogen-bond donors (Lipinski definition) is 0. The van der Waals surface area contributed by atoms with E-state index in [0.29, 0.717) is 36.9 Å². The van der Waals surface area contributed by atoms with Crippen LogP contribution < -0.4 is 4.90 Å². The molecule has 1 amide bonds. The molecular formula is C19H17ClN4O3. The van der Waals surface area contributed by atoms with Crippen molar-refractivity contribution in [2.24, 2.45) is 0 Å². The quantitative estimate of drug-likeness (QED) is 0.597. The highest BCUT2D eigenvalue weighted by molar-refractivity contribution is 6.30. The van der Waals surface area contributed by atoms with Gasteiger partial charge in [-0.1, -0.05) is 23.7 Å². The summed E-state index contributed by atoms with van der Waals surface area (Å²) in [5.74, 6) is 0.00578. The van der Waals surface area contributed by atoms with Crippen LogP contribution in [0.15, 0.2) is 42.5 Å². The fourth-order valence-electron chi connectivity index (χ4n) is 3.14. The lowest BCUT2D eigenvalue weighted by Crippen LogP contribution is -2.49. The van der Waals surface area contributed by atoms with E-state index >= 15 is 0 Å². The highest BCUT2D eigenvalue weighted by Gasteiger charge is 2.26. The normalized spacial score (nSPS) is 13.9. The summed E-state index contributed by atoms with van der Waals surface area (Å²) in [7, 11) is 0. The first-order valence-corrected chi connectivity index (χ1v) is 8.81. The number of carbonyl (C=O) groups excluding carboxylic acids is 1. The number of nitrogens with zero attached hydrogens (tertiary/aromatic N) is 4. The first-order valence-electron chi connectivity index (χ1n) is 8.43. The van der Waals surface area contributed by atoms with E-state index in [1.54, 1.807) is 29.2 Å². The van der Waals surface area contributed by atoms with Crippen molar-refractivity contribution in [3.05, 3.63) is 68.7 Å². The molecule has 0 aliphatic carbocycles. The molecule has 1 saturated heterocycles. The summed E-state index contributed by atoms with van der Waals surface area (Å²) in [6.45, 7) is 1.95. The van der Waals surface area contributed by atoms with E-state index in [0.717, 1.165) is 5.56 Å². The number of benzene rings is 2. The molecule has 2 aromatic carbocycles. The molecule has 0 bridgehead atoms. The fourth-order valence-corrected chi connectivity index (χ4v) is 3.35. The van der Waals surface area contributed by atoms with Gasteiger partial charge in [0.25, 0.3) is 5.69 Å². The Balaban J connectivity index is 1.66. The third kappa shape index (κ3) is 4.36. The van der Waals surface area contributed by atoms with Crippen LogP contribution in [-0.2, 0) is 11.2 Å². The van der Waals surface area contributed by atoms with Crippen LogP contribution in [0.1, 0.15) is 11.1 Å². The summed E-state index contributed by atoms with van der Waals surface area (Å²) in [4.78, 5) is 27.0. The van der Waals surface area contributed by atoms with Gasteiger partial charge in [-0.3, -0.25) is 14.9 Å². The maximum absolute atomic E-state index is 12.5. The Morgan fingerprint density at radius 3 is 2.56 bits per heavy atom. The van der Waals surface area contributed by atoms with Gasteiger partial charge in [0.1, 0.15) is 5.69 Å². The fraction of sp³-hybridized carbons (Fsp3) is 0.263. The van der Waals surface area contributed by atoms with Crippen LogP contribution in [-0.4, -0.2) is 41.9 Å². The van der Waals surface area contributed by atoms with Gasteiger partial charge in [0.05, 0.1) is 23.0 Å². The molecule has 0 atom stereocenters. The molecule has 0 spiro atoms. The maximum Gasteiger partial charge on any atom is 0.293 e. The van der Waals surface area contributed by atoms with Crippen molar-refractivity contribution < 1.29 is 9.72 Å². The Bertz CT molecular complexity index is 917. The van der Waals surface area contributed by atoms with Gasteiger partial charge in [-0.15, -0.1) is 0 Å². The van der Waals surface area contributed by atoms with E-state index in [1.807, 2.05) is 23.1 Å². The molecule has 0 aromatic heterocycles. The zero-order chi connectivity index (χ0) is 19.4. The van der Waals surface area contributed by atoms with E-state index < -0.39 is 4.92 Å². The zero-order valence-electron chi connectivity index (χ0n) is 14.5. The molecule has 1 heterocycles. The predicted octanol–water partition coefficient (Wildman–Crippen LogP) is 3.01. The molecular weight excluding hydrogens is 368 g/mol. The number of nitro benzene ring substituents is 1. The number of piperazine rings is 1. The third-order valence-electron chi connectivity index (χ3n) is 4.52. The average Bonchev–Trinajstić information content (AvgIpc) is 2.67. The molecule has 0 unspecified atom stereocenters. The summed E-state index contributed by atoms with van der Waals surface area (Å²) >= 11 is 5.96. The number of nitro groups is 1. The van der Waals surface area contributed by atoms with Crippen LogP contribution in [0, 0.1) is 21.4 Å². The van der Waals surface area contributed by atoms with Crippen molar-refractivity contribution in [3.63, 3.8) is 0 Å². The van der Waals surface area contributed by atoms with Crippen molar-refractivity contribution in [2.45, 2.75) is 6.42 Å². The molecule has 0 saturated carbocycles. The number of anilines is 1. The SMILES string of the molecule is N#Cc1ccc(N2CCN(C(=O)Cc3cccc(Cl)c3)CC2)c([N+](=O)[O-])c1. The first-order chi connectivity index (χ1) is 13.0. The summed E-state index contributed by atoms with van der Waals surface area (Å²) in [5, 5.41) is 20.9. The molecule has 138 valence electrons. The number of amides is 1. The minimum Gasteiger partial charge on any atom is -0.362 e. The van der Waals surface area contributed by atoms with Gasteiger partial charge in [0.2, 0.25) is 5.91 Å². The van der Waals surface area contributed by atoms with Crippen molar-refractivity contribution in [1.29, 1.82) is 5.26 Å². The van der Waals surface area contributed by atoms with E-state index in [1.165, 1.54) is 6.07 Å². The van der Waals surface area contributed by atoms with E-state index in [2.05, 4.69) is 0 Å². The molecule has 1 aliphatic heterocycles. The molecule has 0 radical (unpaired) electrons. The van der Waals surface area contributed by atoms with Crippen LogP contribution in [0.25, 0.3) is 0 Å². The predicted molar refractivity (Wildman–Crippen MR) is 102 cm³/mol. The standard InChI is InChI=1S/C19H17ClN4O3/c20-16-3-1-2-14(10-16)12-19(25)23-8-6-22(7-9-23)17-5-4-15(13-21)11-18(17)24(26)27/h1-5,10-11H,6-9,12H2. The molecule has 7 nitrogen and oxygen atoms in total. The van der Waals surface area contributed by atoms with E-state index in [4.69, 9.17) is 16.9 Å². The monoisotopic (exact) mass is 384 g/mol. The van der Waals surface area contributed by atoms with Crippen molar-refractivity contribution in [1.82, 2.24) is 4.90 Å². The molecule has 2 aromatic rings. The van der Waals surface area contributed by atoms with Gasteiger partial charge in [0.15, 0.2) is 0 Å². The van der Waals surface area contributed by atoms with E-state index in [-0.39, 0.29) is 23.6 Å². The van der Waals surface area contributed by atoms with Gasteiger partial charge in [-0.25, -0.2) is 0 Å². The van der Waals surface area contributed by atoms with Crippen LogP contribution in [0.3, 0.4) is 0 Å².